The Bertz CT molecular complexity index is 719. The molecule has 1 atom stereocenters. The van der Waals surface area contributed by atoms with Gasteiger partial charge >= 0.3 is 0 Å². The number of benzene rings is 1. The Morgan fingerprint density at radius 3 is 2.18 bits per heavy atom. The molecule has 0 saturated carbocycles. The average Bonchev–Trinajstić information content (AvgIpc) is 2.67. The van der Waals surface area contributed by atoms with Crippen molar-refractivity contribution in [3.05, 3.63) is 40.9 Å². The van der Waals surface area contributed by atoms with Crippen molar-refractivity contribution in [1.29, 1.82) is 0 Å². The van der Waals surface area contributed by atoms with Gasteiger partial charge in [0.1, 0.15) is 0 Å². The van der Waals surface area contributed by atoms with Crippen molar-refractivity contribution in [2.75, 3.05) is 11.9 Å². The maximum atomic E-state index is 13.1. The summed E-state index contributed by atoms with van der Waals surface area (Å²) in [5.74, 6) is 0. The van der Waals surface area contributed by atoms with Crippen LogP contribution in [-0.2, 0) is 10.0 Å². The molecule has 1 heterocycles. The fourth-order valence-corrected chi connectivity index (χ4v) is 5.87. The molecular formula is C22H33BrClNO2S. The van der Waals surface area contributed by atoms with Crippen LogP contribution in [0.1, 0.15) is 69.8 Å². The van der Waals surface area contributed by atoms with Crippen LogP contribution in [0.25, 0.3) is 0 Å². The van der Waals surface area contributed by atoms with E-state index in [1.54, 1.807) is 16.4 Å². The van der Waals surface area contributed by atoms with E-state index in [-0.39, 0.29) is 6.04 Å². The Labute approximate surface area is 184 Å². The maximum absolute atomic E-state index is 13.1. The molecule has 1 unspecified atom stereocenters. The van der Waals surface area contributed by atoms with Gasteiger partial charge in [-0.3, -0.25) is 0 Å². The molecule has 0 spiro atoms. The third-order valence-electron chi connectivity index (χ3n) is 5.33. The Balaban J connectivity index is 1.86. The van der Waals surface area contributed by atoms with E-state index in [1.165, 1.54) is 38.5 Å². The summed E-state index contributed by atoms with van der Waals surface area (Å²) in [6.07, 6.45) is 13.2. The summed E-state index contributed by atoms with van der Waals surface area (Å²) in [7, 11) is -3.49. The number of rotatable bonds is 12. The molecule has 0 radical (unpaired) electrons. The van der Waals surface area contributed by atoms with E-state index in [0.29, 0.717) is 17.9 Å². The van der Waals surface area contributed by atoms with Gasteiger partial charge in [-0.1, -0.05) is 96.2 Å². The quantitative estimate of drug-likeness (QED) is 0.239. The molecule has 158 valence electrons. The van der Waals surface area contributed by atoms with Crippen LogP contribution in [0.4, 0.5) is 0 Å². The van der Waals surface area contributed by atoms with E-state index in [4.69, 9.17) is 11.6 Å². The van der Waals surface area contributed by atoms with Gasteiger partial charge < -0.3 is 0 Å². The highest BCUT2D eigenvalue weighted by molar-refractivity contribution is 9.09. The molecule has 1 aliphatic rings. The van der Waals surface area contributed by atoms with E-state index in [1.807, 2.05) is 25.1 Å². The van der Waals surface area contributed by atoms with E-state index in [0.717, 1.165) is 35.2 Å². The van der Waals surface area contributed by atoms with Crippen molar-refractivity contribution in [3.63, 3.8) is 0 Å². The molecule has 1 aliphatic heterocycles. The van der Waals surface area contributed by atoms with Gasteiger partial charge in [0.25, 0.3) is 0 Å². The topological polar surface area (TPSA) is 37.4 Å². The molecule has 6 heteroatoms. The van der Waals surface area contributed by atoms with E-state index < -0.39 is 10.0 Å². The summed E-state index contributed by atoms with van der Waals surface area (Å²) in [5, 5.41) is 1.89. The average molecular weight is 491 g/mol. The highest BCUT2D eigenvalue weighted by Gasteiger charge is 2.32. The van der Waals surface area contributed by atoms with Crippen molar-refractivity contribution in [3.8, 4) is 0 Å². The van der Waals surface area contributed by atoms with Crippen molar-refractivity contribution in [1.82, 2.24) is 4.31 Å². The van der Waals surface area contributed by atoms with Gasteiger partial charge in [0.15, 0.2) is 0 Å². The lowest BCUT2D eigenvalue weighted by Gasteiger charge is -2.32. The molecule has 2 rings (SSSR count). The van der Waals surface area contributed by atoms with Crippen molar-refractivity contribution in [2.24, 2.45) is 0 Å². The number of hydrogen-bond acceptors (Lipinski definition) is 2. The molecule has 0 aromatic heterocycles. The van der Waals surface area contributed by atoms with Crippen LogP contribution in [0.3, 0.4) is 0 Å². The van der Waals surface area contributed by atoms with E-state index >= 15 is 0 Å². The van der Waals surface area contributed by atoms with Gasteiger partial charge in [0.2, 0.25) is 10.0 Å². The molecule has 28 heavy (non-hydrogen) atoms. The zero-order valence-corrected chi connectivity index (χ0v) is 20.0. The number of hydrogen-bond donors (Lipinski definition) is 0. The molecule has 0 aliphatic carbocycles. The van der Waals surface area contributed by atoms with E-state index in [9.17, 15) is 8.42 Å². The maximum Gasteiger partial charge on any atom is 0.243 e. The Hall–Kier alpha value is -0.360. The SMILES string of the molecule is Cc1ccc(S(=O)(=O)N2CCC(Cl)=CC2CCCCCCCCCCBr)cc1. The molecule has 0 N–H and O–H groups in total. The summed E-state index contributed by atoms with van der Waals surface area (Å²) >= 11 is 9.72. The lowest BCUT2D eigenvalue weighted by atomic mass is 10.0. The van der Waals surface area contributed by atoms with Gasteiger partial charge in [0, 0.05) is 22.9 Å². The fraction of sp³-hybridized carbons (Fsp3) is 0.636. The molecule has 1 aromatic carbocycles. The van der Waals surface area contributed by atoms with Gasteiger partial charge in [-0.05, 0) is 38.3 Å². The molecule has 1 aromatic rings. The lowest BCUT2D eigenvalue weighted by molar-refractivity contribution is 0.330. The van der Waals surface area contributed by atoms with Crippen LogP contribution in [0.5, 0.6) is 0 Å². The van der Waals surface area contributed by atoms with Gasteiger partial charge in [-0.25, -0.2) is 8.42 Å². The van der Waals surface area contributed by atoms with E-state index in [2.05, 4.69) is 15.9 Å². The highest BCUT2D eigenvalue weighted by atomic mass is 79.9. The van der Waals surface area contributed by atoms with Gasteiger partial charge in [0.05, 0.1) is 4.90 Å². The van der Waals surface area contributed by atoms with Crippen LogP contribution >= 0.6 is 27.5 Å². The van der Waals surface area contributed by atoms with Crippen LogP contribution in [0.15, 0.2) is 40.3 Å². The minimum atomic E-state index is -3.49. The second-order valence-corrected chi connectivity index (χ2v) is 10.8. The smallest absolute Gasteiger partial charge is 0.207 e. The number of aryl methyl sites for hydroxylation is 1. The van der Waals surface area contributed by atoms with Crippen molar-refractivity contribution in [2.45, 2.75) is 82.1 Å². The first kappa shape index (κ1) is 23.9. The standard InChI is InChI=1S/C22H33BrClNO2S/c1-19-11-13-22(14-12-19)28(26,27)25-17-15-20(24)18-21(25)10-8-6-4-2-3-5-7-9-16-23/h11-14,18,21H,2-10,15-17H2,1H3. The first-order valence-corrected chi connectivity index (χ1v) is 13.4. The molecule has 0 amide bonds. The first-order chi connectivity index (χ1) is 13.4. The molecular weight excluding hydrogens is 458 g/mol. The Morgan fingerprint density at radius 2 is 1.57 bits per heavy atom. The molecule has 0 fully saturated rings. The second-order valence-electron chi connectivity index (χ2n) is 7.67. The normalized spacial score (nSPS) is 18.2. The summed E-state index contributed by atoms with van der Waals surface area (Å²) in [6.45, 7) is 2.42. The number of halogens is 2. The minimum Gasteiger partial charge on any atom is -0.207 e. The Kier molecular flexibility index (Phi) is 10.6. The second kappa shape index (κ2) is 12.4. The lowest BCUT2D eigenvalue weighted by Crippen LogP contribution is -2.42. The van der Waals surface area contributed by atoms with Crippen LogP contribution in [0, 0.1) is 6.92 Å². The number of nitrogens with zero attached hydrogens (tertiary/aromatic N) is 1. The fourth-order valence-electron chi connectivity index (χ4n) is 3.64. The summed E-state index contributed by atoms with van der Waals surface area (Å²) < 4.78 is 27.9. The summed E-state index contributed by atoms with van der Waals surface area (Å²) in [5.41, 5.74) is 1.06. The predicted molar refractivity (Wildman–Crippen MR) is 123 cm³/mol. The van der Waals surface area contributed by atoms with Gasteiger partial charge in [-0.15, -0.1) is 0 Å². The van der Waals surface area contributed by atoms with Crippen LogP contribution in [0.2, 0.25) is 0 Å². The minimum absolute atomic E-state index is 0.133. The largest absolute Gasteiger partial charge is 0.243 e. The zero-order valence-electron chi connectivity index (χ0n) is 16.9. The number of sulfonamides is 1. The predicted octanol–water partition coefficient (Wildman–Crippen LogP) is 6.79. The number of unbranched alkanes of at least 4 members (excludes halogenated alkanes) is 7. The van der Waals surface area contributed by atoms with Crippen molar-refractivity contribution < 1.29 is 8.42 Å². The third kappa shape index (κ3) is 7.47. The first-order valence-electron chi connectivity index (χ1n) is 10.5. The van der Waals surface area contributed by atoms with Crippen LogP contribution in [-0.4, -0.2) is 30.6 Å². The zero-order chi connectivity index (χ0) is 20.4. The third-order valence-corrected chi connectivity index (χ3v) is 8.14. The summed E-state index contributed by atoms with van der Waals surface area (Å²) in [6, 6.07) is 6.99. The number of alkyl halides is 1. The highest BCUT2D eigenvalue weighted by Crippen LogP contribution is 2.29. The molecule has 3 nitrogen and oxygen atoms in total. The molecule has 0 saturated heterocycles. The van der Waals surface area contributed by atoms with Crippen LogP contribution < -0.4 is 0 Å². The monoisotopic (exact) mass is 489 g/mol. The van der Waals surface area contributed by atoms with Crippen molar-refractivity contribution >= 4 is 37.6 Å². The molecule has 0 bridgehead atoms. The van der Waals surface area contributed by atoms with Gasteiger partial charge in [-0.2, -0.15) is 4.31 Å². The Morgan fingerprint density at radius 1 is 1.00 bits per heavy atom. The summed E-state index contributed by atoms with van der Waals surface area (Å²) in [4.78, 5) is 0.373.